The van der Waals surface area contributed by atoms with Crippen molar-refractivity contribution in [3.8, 4) is 5.75 Å². The Morgan fingerprint density at radius 2 is 2.07 bits per heavy atom. The maximum Gasteiger partial charge on any atom is 0.294 e. The van der Waals surface area contributed by atoms with Crippen molar-refractivity contribution in [3.63, 3.8) is 0 Å². The van der Waals surface area contributed by atoms with Crippen molar-refractivity contribution in [1.82, 2.24) is 0 Å². The molecule has 1 aromatic carbocycles. The lowest BCUT2D eigenvalue weighted by atomic mass is 10.1. The summed E-state index contributed by atoms with van der Waals surface area (Å²) in [7, 11) is -2.76. The molecule has 5 nitrogen and oxygen atoms in total. The molecule has 0 heterocycles. The molecule has 1 rings (SSSR count). The molecule has 0 bridgehead atoms. The Labute approximate surface area is 88.1 Å². The first-order valence-electron chi connectivity index (χ1n) is 4.24. The quantitative estimate of drug-likeness (QED) is 0.737. The summed E-state index contributed by atoms with van der Waals surface area (Å²) < 4.78 is 35.5. The fourth-order valence-electron chi connectivity index (χ4n) is 1.23. The molecule has 1 aromatic rings. The fraction of sp³-hybridized carbons (Fsp3) is 0.333. The van der Waals surface area contributed by atoms with E-state index in [2.05, 4.69) is 0 Å². The summed E-state index contributed by atoms with van der Waals surface area (Å²) in [6.07, 6.45) is 0.270. The van der Waals surface area contributed by atoms with E-state index < -0.39 is 10.1 Å². The number of rotatable bonds is 4. The van der Waals surface area contributed by atoms with Crippen LogP contribution in [0.25, 0.3) is 0 Å². The van der Waals surface area contributed by atoms with E-state index in [0.29, 0.717) is 11.3 Å². The van der Waals surface area contributed by atoms with Gasteiger partial charge in [-0.1, -0.05) is 0 Å². The van der Waals surface area contributed by atoms with E-state index >= 15 is 0 Å². The number of aliphatic hydroxyl groups excluding tert-OH is 1. The van der Waals surface area contributed by atoms with E-state index in [1.54, 1.807) is 0 Å². The molecule has 0 saturated carbocycles. The van der Waals surface area contributed by atoms with Crippen LogP contribution in [0.15, 0.2) is 23.1 Å². The Hall–Kier alpha value is -1.11. The predicted octanol–water partition coefficient (Wildman–Crippen LogP) is 0.477. The summed E-state index contributed by atoms with van der Waals surface area (Å²) in [5.74, 6) is 0.483. The number of benzene rings is 1. The van der Waals surface area contributed by atoms with Gasteiger partial charge < -0.3 is 9.84 Å². The zero-order chi connectivity index (χ0) is 11.5. The van der Waals surface area contributed by atoms with Gasteiger partial charge in [0, 0.05) is 6.61 Å². The van der Waals surface area contributed by atoms with Gasteiger partial charge in [0.15, 0.2) is 0 Å². The number of methoxy groups -OCH3 is 1. The Morgan fingerprint density at radius 3 is 2.53 bits per heavy atom. The molecule has 84 valence electrons. The molecule has 0 spiro atoms. The molecule has 6 heteroatoms. The molecule has 0 unspecified atom stereocenters. The van der Waals surface area contributed by atoms with Crippen LogP contribution in [0.2, 0.25) is 0 Å². The summed E-state index contributed by atoms with van der Waals surface area (Å²) in [4.78, 5) is -0.202. The number of ether oxygens (including phenoxy) is 1. The first kappa shape index (κ1) is 12.0. The van der Waals surface area contributed by atoms with Gasteiger partial charge >= 0.3 is 0 Å². The first-order chi connectivity index (χ1) is 6.99. The second kappa shape index (κ2) is 4.61. The van der Waals surface area contributed by atoms with E-state index in [4.69, 9.17) is 14.4 Å². The highest BCUT2D eigenvalue weighted by Gasteiger charge is 2.12. The van der Waals surface area contributed by atoms with Crippen LogP contribution in [-0.4, -0.2) is 31.8 Å². The van der Waals surface area contributed by atoms with Crippen molar-refractivity contribution in [2.45, 2.75) is 11.3 Å². The molecule has 0 fully saturated rings. The molecular formula is C9H12O5S. The van der Waals surface area contributed by atoms with Crippen LogP contribution in [-0.2, 0) is 16.5 Å². The predicted molar refractivity (Wildman–Crippen MR) is 53.6 cm³/mol. The maximum absolute atomic E-state index is 10.8. The summed E-state index contributed by atoms with van der Waals surface area (Å²) in [6, 6.07) is 3.97. The molecule has 2 N–H and O–H groups in total. The van der Waals surface area contributed by atoms with Gasteiger partial charge in [-0.25, -0.2) is 0 Å². The van der Waals surface area contributed by atoms with E-state index in [1.165, 1.54) is 25.3 Å². The highest BCUT2D eigenvalue weighted by atomic mass is 32.2. The van der Waals surface area contributed by atoms with Crippen LogP contribution in [0.3, 0.4) is 0 Å². The molecular weight excluding hydrogens is 220 g/mol. The van der Waals surface area contributed by atoms with Crippen LogP contribution in [0.4, 0.5) is 0 Å². The molecule has 0 amide bonds. The van der Waals surface area contributed by atoms with Crippen molar-refractivity contribution >= 4 is 10.1 Å². The molecule has 0 aliphatic rings. The fourth-order valence-corrected chi connectivity index (χ4v) is 1.76. The Balaban J connectivity index is 3.22. The average Bonchev–Trinajstić information content (AvgIpc) is 2.17. The van der Waals surface area contributed by atoms with E-state index in [1.807, 2.05) is 0 Å². The highest BCUT2D eigenvalue weighted by Crippen LogP contribution is 2.22. The van der Waals surface area contributed by atoms with Gasteiger partial charge in [-0.15, -0.1) is 0 Å². The maximum atomic E-state index is 10.8. The van der Waals surface area contributed by atoms with Crippen LogP contribution in [0.1, 0.15) is 5.56 Å². The number of aliphatic hydroxyl groups is 1. The molecule has 0 aliphatic carbocycles. The van der Waals surface area contributed by atoms with Gasteiger partial charge in [0.05, 0.1) is 12.0 Å². The van der Waals surface area contributed by atoms with Gasteiger partial charge in [0.2, 0.25) is 0 Å². The molecule has 0 radical (unpaired) electrons. The van der Waals surface area contributed by atoms with Gasteiger partial charge in [-0.2, -0.15) is 8.42 Å². The van der Waals surface area contributed by atoms with E-state index in [0.717, 1.165) is 0 Å². The minimum Gasteiger partial charge on any atom is -0.496 e. The molecule has 15 heavy (non-hydrogen) atoms. The second-order valence-corrected chi connectivity index (χ2v) is 4.34. The van der Waals surface area contributed by atoms with Gasteiger partial charge in [-0.05, 0) is 30.2 Å². The van der Waals surface area contributed by atoms with Crippen molar-refractivity contribution in [2.24, 2.45) is 0 Å². The standard InChI is InChI=1S/C9H12O5S/c1-14-9-3-2-8(15(11,12)13)6-7(9)4-5-10/h2-3,6,10H,4-5H2,1H3,(H,11,12,13). The normalized spacial score (nSPS) is 11.4. The summed E-state index contributed by atoms with van der Waals surface area (Å²) in [5.41, 5.74) is 0.537. The van der Waals surface area contributed by atoms with Crippen molar-refractivity contribution in [1.29, 1.82) is 0 Å². The van der Waals surface area contributed by atoms with E-state index in [-0.39, 0.29) is 17.9 Å². The number of hydrogen-bond acceptors (Lipinski definition) is 4. The zero-order valence-corrected chi connectivity index (χ0v) is 8.99. The Morgan fingerprint density at radius 1 is 1.40 bits per heavy atom. The molecule has 0 aliphatic heterocycles. The van der Waals surface area contributed by atoms with Gasteiger partial charge in [-0.3, -0.25) is 4.55 Å². The second-order valence-electron chi connectivity index (χ2n) is 2.92. The topological polar surface area (TPSA) is 83.8 Å². The third kappa shape index (κ3) is 2.92. The van der Waals surface area contributed by atoms with Crippen LogP contribution >= 0.6 is 0 Å². The highest BCUT2D eigenvalue weighted by molar-refractivity contribution is 7.85. The third-order valence-corrected chi connectivity index (χ3v) is 2.78. The lowest BCUT2D eigenvalue weighted by molar-refractivity contribution is 0.296. The van der Waals surface area contributed by atoms with Crippen molar-refractivity contribution < 1.29 is 22.8 Å². The average molecular weight is 232 g/mol. The Kier molecular flexibility index (Phi) is 3.67. The lowest BCUT2D eigenvalue weighted by Crippen LogP contribution is -2.02. The summed E-state index contributed by atoms with van der Waals surface area (Å²) >= 11 is 0. The van der Waals surface area contributed by atoms with Crippen LogP contribution < -0.4 is 4.74 Å². The molecule has 0 atom stereocenters. The van der Waals surface area contributed by atoms with Crippen molar-refractivity contribution in [3.05, 3.63) is 23.8 Å². The third-order valence-electron chi connectivity index (χ3n) is 1.93. The smallest absolute Gasteiger partial charge is 0.294 e. The van der Waals surface area contributed by atoms with Crippen LogP contribution in [0.5, 0.6) is 5.75 Å². The zero-order valence-electron chi connectivity index (χ0n) is 8.17. The molecule has 0 aromatic heterocycles. The SMILES string of the molecule is COc1ccc(S(=O)(=O)O)cc1CCO. The summed E-state index contributed by atoms with van der Waals surface area (Å²) in [6.45, 7) is -0.120. The van der Waals surface area contributed by atoms with E-state index in [9.17, 15) is 8.42 Å². The molecule has 0 saturated heterocycles. The summed E-state index contributed by atoms with van der Waals surface area (Å²) in [5, 5.41) is 8.77. The largest absolute Gasteiger partial charge is 0.496 e. The van der Waals surface area contributed by atoms with Crippen LogP contribution in [0, 0.1) is 0 Å². The first-order valence-corrected chi connectivity index (χ1v) is 5.68. The van der Waals surface area contributed by atoms with Gasteiger partial charge in [0.1, 0.15) is 5.75 Å². The monoisotopic (exact) mass is 232 g/mol. The van der Waals surface area contributed by atoms with Gasteiger partial charge in [0.25, 0.3) is 10.1 Å². The minimum atomic E-state index is -4.21. The Bertz CT molecular complexity index is 438. The minimum absolute atomic E-state index is 0.120. The lowest BCUT2D eigenvalue weighted by Gasteiger charge is -2.08. The van der Waals surface area contributed by atoms with Crippen molar-refractivity contribution in [2.75, 3.05) is 13.7 Å². The number of hydrogen-bond donors (Lipinski definition) is 2.